The van der Waals surface area contributed by atoms with Crippen LogP contribution in [0.1, 0.15) is 37.2 Å². The molecular formula is C16H19N3O2. The highest BCUT2D eigenvalue weighted by molar-refractivity contribution is 6.03. The molecule has 1 aliphatic carbocycles. The van der Waals surface area contributed by atoms with E-state index in [4.69, 9.17) is 4.74 Å². The Labute approximate surface area is 123 Å². The molecule has 1 aliphatic rings. The average Bonchev–Trinajstić information content (AvgIpc) is 2.46. The molecule has 1 saturated carbocycles. The summed E-state index contributed by atoms with van der Waals surface area (Å²) in [5.41, 5.74) is 1.80. The monoisotopic (exact) mass is 285 g/mol. The van der Waals surface area contributed by atoms with Crippen LogP contribution in [0.5, 0.6) is 0 Å². The van der Waals surface area contributed by atoms with Crippen molar-refractivity contribution >= 4 is 22.6 Å². The number of anilines is 1. The lowest BCUT2D eigenvalue weighted by Crippen LogP contribution is -2.34. The van der Waals surface area contributed by atoms with Crippen LogP contribution in [0.3, 0.4) is 0 Å². The number of benzene rings is 1. The molecule has 3 rings (SSSR count). The van der Waals surface area contributed by atoms with E-state index in [9.17, 15) is 4.79 Å². The van der Waals surface area contributed by atoms with Gasteiger partial charge in [0.15, 0.2) is 5.69 Å². The number of carbonyl (C=O) groups is 1. The minimum Gasteiger partial charge on any atom is -0.461 e. The zero-order chi connectivity index (χ0) is 14.8. The lowest BCUT2D eigenvalue weighted by molar-refractivity contribution is 0.0519. The van der Waals surface area contributed by atoms with Gasteiger partial charge in [-0.25, -0.2) is 4.79 Å². The fourth-order valence-electron chi connectivity index (χ4n) is 2.77. The van der Waals surface area contributed by atoms with Crippen molar-refractivity contribution in [2.24, 2.45) is 5.92 Å². The third kappa shape index (κ3) is 2.68. The second-order valence-corrected chi connectivity index (χ2v) is 5.58. The smallest absolute Gasteiger partial charge is 0.361 e. The maximum atomic E-state index is 12.1. The van der Waals surface area contributed by atoms with E-state index >= 15 is 0 Å². The highest BCUT2D eigenvalue weighted by Crippen LogP contribution is 2.33. The molecular weight excluding hydrogens is 266 g/mol. The Morgan fingerprint density at radius 3 is 2.81 bits per heavy atom. The van der Waals surface area contributed by atoms with Gasteiger partial charge in [-0.05, 0) is 31.7 Å². The zero-order valence-electron chi connectivity index (χ0n) is 12.3. The Morgan fingerprint density at radius 1 is 1.33 bits per heavy atom. The summed E-state index contributed by atoms with van der Waals surface area (Å²) in [6.07, 6.45) is 2.22. The van der Waals surface area contributed by atoms with Crippen LogP contribution in [0, 0.1) is 5.92 Å². The number of hydrogen-bond acceptors (Lipinski definition) is 5. The first kappa shape index (κ1) is 13.8. The summed E-state index contributed by atoms with van der Waals surface area (Å²) in [4.78, 5) is 12.1. The highest BCUT2D eigenvalue weighted by atomic mass is 16.5. The SMILES string of the molecule is CCOC(=O)c1nnc2ccccc2c1NC1CC(C)C1. The molecule has 1 aromatic heterocycles. The number of fused-ring (bicyclic) bond motifs is 1. The number of nitrogens with one attached hydrogen (secondary N) is 1. The van der Waals surface area contributed by atoms with Crippen molar-refractivity contribution in [2.45, 2.75) is 32.7 Å². The highest BCUT2D eigenvalue weighted by Gasteiger charge is 2.28. The van der Waals surface area contributed by atoms with E-state index < -0.39 is 5.97 Å². The van der Waals surface area contributed by atoms with Gasteiger partial charge in [-0.3, -0.25) is 0 Å². The molecule has 1 N–H and O–H groups in total. The van der Waals surface area contributed by atoms with Gasteiger partial charge in [0.1, 0.15) is 0 Å². The molecule has 0 unspecified atom stereocenters. The summed E-state index contributed by atoms with van der Waals surface area (Å²) in [7, 11) is 0. The van der Waals surface area contributed by atoms with Crippen LogP contribution < -0.4 is 5.32 Å². The predicted molar refractivity (Wildman–Crippen MR) is 81.3 cm³/mol. The van der Waals surface area contributed by atoms with Crippen LogP contribution in [-0.2, 0) is 4.74 Å². The number of esters is 1. The van der Waals surface area contributed by atoms with Gasteiger partial charge in [0.05, 0.1) is 17.8 Å². The molecule has 1 heterocycles. The first-order chi connectivity index (χ1) is 10.2. The minimum atomic E-state index is -0.425. The van der Waals surface area contributed by atoms with E-state index in [1.165, 1.54) is 0 Å². The summed E-state index contributed by atoms with van der Waals surface area (Å²) in [6, 6.07) is 8.09. The van der Waals surface area contributed by atoms with Crippen molar-refractivity contribution in [1.82, 2.24) is 10.2 Å². The van der Waals surface area contributed by atoms with Gasteiger partial charge in [-0.15, -0.1) is 10.2 Å². The van der Waals surface area contributed by atoms with Crippen molar-refractivity contribution in [3.63, 3.8) is 0 Å². The third-order valence-corrected chi connectivity index (χ3v) is 3.86. The van der Waals surface area contributed by atoms with E-state index in [1.807, 2.05) is 24.3 Å². The van der Waals surface area contributed by atoms with Gasteiger partial charge in [0, 0.05) is 11.4 Å². The number of ether oxygens (including phenoxy) is 1. The summed E-state index contributed by atoms with van der Waals surface area (Å²) < 4.78 is 5.09. The van der Waals surface area contributed by atoms with E-state index in [0.29, 0.717) is 12.6 Å². The van der Waals surface area contributed by atoms with Gasteiger partial charge < -0.3 is 10.1 Å². The molecule has 0 spiro atoms. The lowest BCUT2D eigenvalue weighted by Gasteiger charge is -2.34. The number of carbonyl (C=O) groups excluding carboxylic acids is 1. The largest absolute Gasteiger partial charge is 0.461 e. The molecule has 110 valence electrons. The standard InChI is InChI=1S/C16H19N3O2/c1-3-21-16(20)15-14(17-11-8-10(2)9-11)12-6-4-5-7-13(12)18-19-15/h4-7,10-11H,3,8-9H2,1-2H3,(H,17,18). The minimum absolute atomic E-state index is 0.273. The predicted octanol–water partition coefficient (Wildman–Crippen LogP) is 3.02. The zero-order valence-corrected chi connectivity index (χ0v) is 12.3. The molecule has 0 bridgehead atoms. The molecule has 0 atom stereocenters. The van der Waals surface area contributed by atoms with Gasteiger partial charge in [0.2, 0.25) is 0 Å². The number of nitrogens with zero attached hydrogens (tertiary/aromatic N) is 2. The Kier molecular flexibility index (Phi) is 3.73. The molecule has 0 radical (unpaired) electrons. The Morgan fingerprint density at radius 2 is 2.10 bits per heavy atom. The van der Waals surface area contributed by atoms with Crippen molar-refractivity contribution < 1.29 is 9.53 Å². The van der Waals surface area contributed by atoms with E-state index in [1.54, 1.807) is 6.92 Å². The Bertz CT molecular complexity index is 666. The van der Waals surface area contributed by atoms with Crippen molar-refractivity contribution in [2.75, 3.05) is 11.9 Å². The molecule has 0 aliphatic heterocycles. The Balaban J connectivity index is 2.02. The number of hydrogen-bond donors (Lipinski definition) is 1. The van der Waals surface area contributed by atoms with Crippen LogP contribution in [0.15, 0.2) is 24.3 Å². The third-order valence-electron chi connectivity index (χ3n) is 3.86. The van der Waals surface area contributed by atoms with Crippen LogP contribution in [0.25, 0.3) is 10.9 Å². The van der Waals surface area contributed by atoms with Crippen molar-refractivity contribution in [3.8, 4) is 0 Å². The van der Waals surface area contributed by atoms with Crippen LogP contribution >= 0.6 is 0 Å². The quantitative estimate of drug-likeness (QED) is 0.875. The summed E-state index contributed by atoms with van der Waals surface area (Å²) in [5.74, 6) is 0.306. The summed E-state index contributed by atoms with van der Waals surface area (Å²) in [5, 5.41) is 12.6. The van der Waals surface area contributed by atoms with Gasteiger partial charge in [-0.1, -0.05) is 25.1 Å². The molecule has 21 heavy (non-hydrogen) atoms. The topological polar surface area (TPSA) is 64.1 Å². The fraction of sp³-hybridized carbons (Fsp3) is 0.438. The van der Waals surface area contributed by atoms with Gasteiger partial charge in [0.25, 0.3) is 0 Å². The number of aromatic nitrogens is 2. The van der Waals surface area contributed by atoms with E-state index in [0.717, 1.165) is 35.3 Å². The molecule has 5 nitrogen and oxygen atoms in total. The van der Waals surface area contributed by atoms with Crippen molar-refractivity contribution in [3.05, 3.63) is 30.0 Å². The average molecular weight is 285 g/mol. The fourth-order valence-corrected chi connectivity index (χ4v) is 2.77. The van der Waals surface area contributed by atoms with Crippen LogP contribution in [0.2, 0.25) is 0 Å². The van der Waals surface area contributed by atoms with E-state index in [-0.39, 0.29) is 5.69 Å². The van der Waals surface area contributed by atoms with Crippen molar-refractivity contribution in [1.29, 1.82) is 0 Å². The first-order valence-corrected chi connectivity index (χ1v) is 7.38. The second-order valence-electron chi connectivity index (χ2n) is 5.58. The molecule has 5 heteroatoms. The molecule has 0 amide bonds. The van der Waals surface area contributed by atoms with E-state index in [2.05, 4.69) is 22.4 Å². The maximum absolute atomic E-state index is 12.1. The molecule has 2 aromatic rings. The maximum Gasteiger partial charge on any atom is 0.361 e. The summed E-state index contributed by atoms with van der Waals surface area (Å²) in [6.45, 7) is 4.34. The van der Waals surface area contributed by atoms with Crippen LogP contribution in [-0.4, -0.2) is 28.8 Å². The van der Waals surface area contributed by atoms with Gasteiger partial charge >= 0.3 is 5.97 Å². The Hall–Kier alpha value is -2.17. The second kappa shape index (κ2) is 5.68. The molecule has 0 saturated heterocycles. The van der Waals surface area contributed by atoms with Crippen LogP contribution in [0.4, 0.5) is 5.69 Å². The normalized spacial score (nSPS) is 20.9. The number of rotatable bonds is 4. The summed E-state index contributed by atoms with van der Waals surface area (Å²) >= 11 is 0. The lowest BCUT2D eigenvalue weighted by atomic mass is 9.81. The van der Waals surface area contributed by atoms with Gasteiger partial charge in [-0.2, -0.15) is 0 Å². The molecule has 1 aromatic carbocycles. The molecule has 1 fully saturated rings. The first-order valence-electron chi connectivity index (χ1n) is 7.38.